The monoisotopic (exact) mass is 240 g/mol. The van der Waals surface area contributed by atoms with Gasteiger partial charge in [-0.2, -0.15) is 4.98 Å². The summed E-state index contributed by atoms with van der Waals surface area (Å²) >= 11 is 0. The summed E-state index contributed by atoms with van der Waals surface area (Å²) < 4.78 is 4.14. The van der Waals surface area contributed by atoms with Crippen LogP contribution in [0.4, 0.5) is 10.7 Å². The number of rotatable bonds is 2. The van der Waals surface area contributed by atoms with Crippen LogP contribution >= 0.6 is 0 Å². The molecular formula is C9H12N4O4. The third-order valence-corrected chi connectivity index (χ3v) is 1.28. The van der Waals surface area contributed by atoms with Crippen molar-refractivity contribution < 1.29 is 14.3 Å². The Bertz CT molecular complexity index is 454. The molecule has 17 heavy (non-hydrogen) atoms. The Hall–Kier alpha value is -2.64. The van der Waals surface area contributed by atoms with E-state index in [1.165, 1.54) is 19.4 Å². The Kier molecular flexibility index (Phi) is 6.44. The SMILES string of the molecule is C=CC(=O)OC.NC(=O)Nc1nc(=O)cc[nH]1. The van der Waals surface area contributed by atoms with E-state index in [2.05, 4.69) is 26.6 Å². The van der Waals surface area contributed by atoms with Gasteiger partial charge in [0, 0.05) is 18.3 Å². The van der Waals surface area contributed by atoms with Gasteiger partial charge in [0.1, 0.15) is 0 Å². The predicted octanol–water partition coefficient (Wildman–Crippen LogP) is -0.394. The van der Waals surface area contributed by atoms with E-state index < -0.39 is 17.6 Å². The number of primary amides is 1. The summed E-state index contributed by atoms with van der Waals surface area (Å²) in [5.74, 6) is -0.347. The number of carbonyl (C=O) groups excluding carboxylic acids is 2. The van der Waals surface area contributed by atoms with Crippen LogP contribution in [-0.4, -0.2) is 29.1 Å². The number of urea groups is 1. The molecule has 0 saturated heterocycles. The lowest BCUT2D eigenvalue weighted by Gasteiger charge is -1.96. The first-order chi connectivity index (χ1) is 7.99. The van der Waals surface area contributed by atoms with Crippen molar-refractivity contribution in [2.75, 3.05) is 12.4 Å². The number of hydrogen-bond donors (Lipinski definition) is 3. The van der Waals surface area contributed by atoms with E-state index in [1.807, 2.05) is 0 Å². The van der Waals surface area contributed by atoms with E-state index in [0.29, 0.717) is 0 Å². The van der Waals surface area contributed by atoms with Gasteiger partial charge in [-0.25, -0.2) is 9.59 Å². The summed E-state index contributed by atoms with van der Waals surface area (Å²) in [4.78, 5) is 36.5. The minimum absolute atomic E-state index is 0.0463. The number of anilines is 1. The molecule has 0 aliphatic heterocycles. The Labute approximate surface area is 96.5 Å². The molecule has 1 aromatic heterocycles. The van der Waals surface area contributed by atoms with E-state index in [9.17, 15) is 14.4 Å². The number of H-pyrrole nitrogens is 1. The van der Waals surface area contributed by atoms with Gasteiger partial charge in [0.15, 0.2) is 0 Å². The third kappa shape index (κ3) is 7.31. The highest BCUT2D eigenvalue weighted by molar-refractivity contribution is 5.85. The van der Waals surface area contributed by atoms with Gasteiger partial charge in [0.2, 0.25) is 5.95 Å². The van der Waals surface area contributed by atoms with Crippen molar-refractivity contribution in [3.8, 4) is 0 Å². The number of esters is 1. The molecule has 2 amide bonds. The Morgan fingerprint density at radius 3 is 2.65 bits per heavy atom. The third-order valence-electron chi connectivity index (χ3n) is 1.28. The molecule has 4 N–H and O–H groups in total. The second-order valence-electron chi connectivity index (χ2n) is 2.49. The first-order valence-corrected chi connectivity index (χ1v) is 4.32. The first-order valence-electron chi connectivity index (χ1n) is 4.32. The van der Waals surface area contributed by atoms with Crippen molar-refractivity contribution >= 4 is 17.9 Å². The number of carbonyl (C=O) groups is 2. The molecular weight excluding hydrogens is 228 g/mol. The molecule has 8 heteroatoms. The number of methoxy groups -OCH3 is 1. The number of amides is 2. The highest BCUT2D eigenvalue weighted by atomic mass is 16.5. The average molecular weight is 240 g/mol. The maximum atomic E-state index is 10.5. The standard InChI is InChI=1S/C5H6N4O2.C4H6O2/c6-4(11)9-5-7-2-1-3(10)8-5;1-3-4(5)6-2/h1-2H,(H4,6,7,8,9,10,11);3H,1H2,2H3. The molecule has 0 fully saturated rings. The van der Waals surface area contributed by atoms with Gasteiger partial charge in [-0.1, -0.05) is 6.58 Å². The molecule has 0 bridgehead atoms. The van der Waals surface area contributed by atoms with Crippen LogP contribution in [0.5, 0.6) is 0 Å². The highest BCUT2D eigenvalue weighted by Gasteiger charge is 1.95. The van der Waals surface area contributed by atoms with Gasteiger partial charge < -0.3 is 15.5 Å². The van der Waals surface area contributed by atoms with Crippen molar-refractivity contribution in [3.63, 3.8) is 0 Å². The van der Waals surface area contributed by atoms with Gasteiger partial charge in [-0.15, -0.1) is 0 Å². The predicted molar refractivity (Wildman–Crippen MR) is 60.3 cm³/mol. The van der Waals surface area contributed by atoms with E-state index in [0.717, 1.165) is 6.08 Å². The topological polar surface area (TPSA) is 127 Å². The molecule has 92 valence electrons. The molecule has 0 aromatic carbocycles. The van der Waals surface area contributed by atoms with E-state index in [4.69, 9.17) is 5.73 Å². The lowest BCUT2D eigenvalue weighted by atomic mass is 10.6. The van der Waals surface area contributed by atoms with E-state index >= 15 is 0 Å². The fraction of sp³-hybridized carbons (Fsp3) is 0.111. The van der Waals surface area contributed by atoms with Crippen molar-refractivity contribution in [2.45, 2.75) is 0 Å². The number of nitrogens with two attached hydrogens (primary N) is 1. The quantitative estimate of drug-likeness (QED) is 0.479. The zero-order chi connectivity index (χ0) is 13.3. The summed E-state index contributed by atoms with van der Waals surface area (Å²) in [6, 6.07) is 0.464. The lowest BCUT2D eigenvalue weighted by Crippen LogP contribution is -2.22. The maximum Gasteiger partial charge on any atom is 0.329 e. The minimum Gasteiger partial charge on any atom is -0.466 e. The van der Waals surface area contributed by atoms with Crippen LogP contribution in [0.3, 0.4) is 0 Å². The molecule has 0 atom stereocenters. The number of nitrogens with zero attached hydrogens (tertiary/aromatic N) is 1. The number of aromatic nitrogens is 2. The molecule has 0 unspecified atom stereocenters. The van der Waals surface area contributed by atoms with Gasteiger partial charge >= 0.3 is 12.0 Å². The molecule has 1 rings (SSSR count). The molecule has 0 aliphatic carbocycles. The molecule has 8 nitrogen and oxygen atoms in total. The van der Waals surface area contributed by atoms with Crippen molar-refractivity contribution in [1.82, 2.24) is 9.97 Å². The van der Waals surface area contributed by atoms with Crippen LogP contribution in [0.1, 0.15) is 0 Å². The Morgan fingerprint density at radius 2 is 2.29 bits per heavy atom. The van der Waals surface area contributed by atoms with Crippen LogP contribution < -0.4 is 16.6 Å². The van der Waals surface area contributed by atoms with Gasteiger partial charge in [0.05, 0.1) is 7.11 Å². The van der Waals surface area contributed by atoms with E-state index in [-0.39, 0.29) is 5.95 Å². The molecule has 0 aliphatic rings. The second kappa shape index (κ2) is 7.63. The minimum atomic E-state index is -0.764. The zero-order valence-corrected chi connectivity index (χ0v) is 9.10. The smallest absolute Gasteiger partial charge is 0.329 e. The summed E-state index contributed by atoms with van der Waals surface area (Å²) in [5.41, 5.74) is 4.32. The van der Waals surface area contributed by atoms with Crippen molar-refractivity contribution in [2.24, 2.45) is 5.73 Å². The Morgan fingerprint density at radius 1 is 1.65 bits per heavy atom. The number of hydrogen-bond acceptors (Lipinski definition) is 5. The van der Waals surface area contributed by atoms with Gasteiger partial charge in [0.25, 0.3) is 5.56 Å². The van der Waals surface area contributed by atoms with Crippen LogP contribution in [0.15, 0.2) is 29.7 Å². The summed E-state index contributed by atoms with van der Waals surface area (Å²) in [6.07, 6.45) is 2.47. The summed E-state index contributed by atoms with van der Waals surface area (Å²) in [6.45, 7) is 3.16. The summed E-state index contributed by atoms with van der Waals surface area (Å²) in [7, 11) is 1.31. The molecule has 1 aromatic rings. The van der Waals surface area contributed by atoms with Crippen LogP contribution in [0, 0.1) is 0 Å². The number of nitrogens with one attached hydrogen (secondary N) is 2. The average Bonchev–Trinajstić information content (AvgIpc) is 2.28. The largest absolute Gasteiger partial charge is 0.466 e. The molecule has 0 saturated carbocycles. The van der Waals surface area contributed by atoms with E-state index in [1.54, 1.807) is 0 Å². The van der Waals surface area contributed by atoms with Crippen LogP contribution in [0.2, 0.25) is 0 Å². The van der Waals surface area contributed by atoms with Gasteiger partial charge in [-0.05, 0) is 0 Å². The van der Waals surface area contributed by atoms with Gasteiger partial charge in [-0.3, -0.25) is 10.1 Å². The number of ether oxygens (including phenoxy) is 1. The fourth-order valence-electron chi connectivity index (χ4n) is 0.636. The first kappa shape index (κ1) is 14.4. The lowest BCUT2D eigenvalue weighted by molar-refractivity contribution is -0.134. The van der Waals surface area contributed by atoms with Crippen LogP contribution in [0.25, 0.3) is 0 Å². The zero-order valence-electron chi connectivity index (χ0n) is 9.10. The molecule has 0 spiro atoms. The van der Waals surface area contributed by atoms with Crippen LogP contribution in [-0.2, 0) is 9.53 Å². The molecule has 0 radical (unpaired) electrons. The Balaban J connectivity index is 0.000000366. The van der Waals surface area contributed by atoms with Crippen molar-refractivity contribution in [3.05, 3.63) is 35.3 Å². The second-order valence-corrected chi connectivity index (χ2v) is 2.49. The molecule has 1 heterocycles. The normalized spacial score (nSPS) is 8.29. The van der Waals surface area contributed by atoms with Crippen molar-refractivity contribution in [1.29, 1.82) is 0 Å². The fourth-order valence-corrected chi connectivity index (χ4v) is 0.636. The number of aromatic amines is 1. The highest BCUT2D eigenvalue weighted by Crippen LogP contribution is 1.87. The maximum absolute atomic E-state index is 10.5. The summed E-state index contributed by atoms with van der Waals surface area (Å²) in [5, 5.41) is 2.12.